The quantitative estimate of drug-likeness (QED) is 0.392. The number of benzene rings is 2. The van der Waals surface area contributed by atoms with Crippen LogP contribution in [0.15, 0.2) is 74.8 Å². The van der Waals surface area contributed by atoms with Gasteiger partial charge in [0.15, 0.2) is 0 Å². The number of nitrogens with zero attached hydrogens (tertiary/aromatic N) is 1. The van der Waals surface area contributed by atoms with Crippen LogP contribution in [0.5, 0.6) is 0 Å². The van der Waals surface area contributed by atoms with Crippen LogP contribution in [0, 0.1) is 0 Å². The first-order valence-corrected chi connectivity index (χ1v) is 9.41. The molecule has 0 aliphatic carbocycles. The summed E-state index contributed by atoms with van der Waals surface area (Å²) in [5.74, 6) is -0.391. The lowest BCUT2D eigenvalue weighted by molar-refractivity contribution is 0.0601. The molecule has 0 aliphatic heterocycles. The van der Waals surface area contributed by atoms with E-state index in [1.54, 1.807) is 47.5 Å². The normalized spacial score (nSPS) is 11.0. The van der Waals surface area contributed by atoms with Crippen molar-refractivity contribution in [2.75, 3.05) is 7.11 Å². The lowest BCUT2D eigenvalue weighted by Crippen LogP contribution is -2.01. The Morgan fingerprint density at radius 1 is 1.12 bits per heavy atom. The molecule has 0 radical (unpaired) electrons. The zero-order valence-electron chi connectivity index (χ0n) is 13.3. The number of aliphatic imine (C=N–C) groups is 1. The number of para-hydroxylation sites is 1. The van der Waals surface area contributed by atoms with Crippen molar-refractivity contribution in [1.29, 1.82) is 0 Å². The zero-order chi connectivity index (χ0) is 17.6. The minimum atomic E-state index is -0.391. The zero-order valence-corrected chi connectivity index (χ0v) is 15.7. The molecule has 2 aromatic carbocycles. The number of hydrogen-bond donors (Lipinski definition) is 0. The second kappa shape index (κ2) is 8.34. The van der Waals surface area contributed by atoms with Gasteiger partial charge in [0.2, 0.25) is 0 Å². The predicted molar refractivity (Wildman–Crippen MR) is 105 cm³/mol. The van der Waals surface area contributed by atoms with Crippen molar-refractivity contribution in [1.82, 2.24) is 0 Å². The Labute approximate surface area is 159 Å². The summed E-state index contributed by atoms with van der Waals surface area (Å²) < 4.78 is 5.94. The topological polar surface area (TPSA) is 38.7 Å². The molecule has 3 rings (SSSR count). The van der Waals surface area contributed by atoms with Crippen LogP contribution in [0.25, 0.3) is 0 Å². The summed E-state index contributed by atoms with van der Waals surface area (Å²) in [5.41, 5.74) is 1.04. The fourth-order valence-corrected chi connectivity index (χ4v) is 4.20. The molecule has 1 aromatic heterocycles. The van der Waals surface area contributed by atoms with Gasteiger partial charge < -0.3 is 4.74 Å². The van der Waals surface area contributed by atoms with Gasteiger partial charge in [0, 0.05) is 21.0 Å². The Morgan fingerprint density at radius 3 is 2.64 bits per heavy atom. The number of methoxy groups -OCH3 is 1. The van der Waals surface area contributed by atoms with Crippen molar-refractivity contribution >= 4 is 52.6 Å². The van der Waals surface area contributed by atoms with Crippen LogP contribution in [-0.4, -0.2) is 19.3 Å². The van der Waals surface area contributed by atoms with E-state index in [-0.39, 0.29) is 0 Å². The van der Waals surface area contributed by atoms with E-state index in [0.717, 1.165) is 19.0 Å². The summed E-state index contributed by atoms with van der Waals surface area (Å²) in [7, 11) is 1.36. The number of carbonyl (C=O) groups excluding carboxylic acids is 1. The highest BCUT2D eigenvalue weighted by Gasteiger charge is 2.09. The maximum atomic E-state index is 11.8. The fraction of sp³-hybridized carbons (Fsp3) is 0.0526. The van der Waals surface area contributed by atoms with Gasteiger partial charge in [-0.2, -0.15) is 0 Å². The molecule has 3 aromatic rings. The molecule has 0 unspecified atom stereocenters. The average Bonchev–Trinajstić information content (AvgIpc) is 3.09. The predicted octanol–water partition coefficient (Wildman–Crippen LogP) is 6.09. The molecule has 0 saturated heterocycles. The molecule has 0 bridgehead atoms. The Bertz CT molecular complexity index is 904. The molecule has 0 aliphatic rings. The summed E-state index contributed by atoms with van der Waals surface area (Å²) in [6.07, 6.45) is 1.76. The van der Waals surface area contributed by atoms with Crippen molar-refractivity contribution in [3.8, 4) is 0 Å². The SMILES string of the molecule is COC(=O)c1ccccc1N=Cc1ccc(Sc2ccc(Cl)cc2)s1. The van der Waals surface area contributed by atoms with Gasteiger partial charge in [0.1, 0.15) is 0 Å². The van der Waals surface area contributed by atoms with Crippen molar-refractivity contribution < 1.29 is 9.53 Å². The molecule has 0 saturated carbocycles. The van der Waals surface area contributed by atoms with Crippen molar-refractivity contribution in [2.24, 2.45) is 4.99 Å². The third-order valence-corrected chi connectivity index (χ3v) is 5.69. The molecular formula is C19H14ClNO2S2. The number of ether oxygens (including phenoxy) is 1. The molecule has 25 heavy (non-hydrogen) atoms. The highest BCUT2D eigenvalue weighted by Crippen LogP contribution is 2.33. The van der Waals surface area contributed by atoms with Crippen LogP contribution in [0.4, 0.5) is 5.69 Å². The molecule has 0 fully saturated rings. The van der Waals surface area contributed by atoms with Crippen molar-refractivity contribution in [3.05, 3.63) is 76.1 Å². The number of esters is 1. The Morgan fingerprint density at radius 2 is 1.88 bits per heavy atom. The third-order valence-electron chi connectivity index (χ3n) is 3.27. The van der Waals surface area contributed by atoms with E-state index in [0.29, 0.717) is 11.3 Å². The van der Waals surface area contributed by atoms with Crippen LogP contribution in [0.1, 0.15) is 15.2 Å². The van der Waals surface area contributed by atoms with E-state index in [1.165, 1.54) is 7.11 Å². The monoisotopic (exact) mass is 387 g/mol. The third kappa shape index (κ3) is 4.72. The van der Waals surface area contributed by atoms with Gasteiger partial charge >= 0.3 is 5.97 Å². The van der Waals surface area contributed by atoms with Gasteiger partial charge in [-0.3, -0.25) is 4.99 Å². The fourth-order valence-electron chi connectivity index (χ4n) is 2.08. The first-order chi connectivity index (χ1) is 12.2. The van der Waals surface area contributed by atoms with Gasteiger partial charge in [-0.25, -0.2) is 4.79 Å². The highest BCUT2D eigenvalue weighted by molar-refractivity contribution is 8.01. The second-order valence-corrected chi connectivity index (χ2v) is 7.91. The van der Waals surface area contributed by atoms with Crippen LogP contribution in [0.3, 0.4) is 0 Å². The average molecular weight is 388 g/mol. The van der Waals surface area contributed by atoms with Gasteiger partial charge in [0.05, 0.1) is 22.6 Å². The maximum Gasteiger partial charge on any atom is 0.340 e. The number of rotatable bonds is 5. The van der Waals surface area contributed by atoms with Crippen LogP contribution in [-0.2, 0) is 4.74 Å². The summed E-state index contributed by atoms with van der Waals surface area (Å²) >= 11 is 9.22. The maximum absolute atomic E-state index is 11.8. The molecule has 126 valence electrons. The Kier molecular flexibility index (Phi) is 5.91. The van der Waals surface area contributed by atoms with E-state index in [1.807, 2.05) is 36.4 Å². The van der Waals surface area contributed by atoms with E-state index in [4.69, 9.17) is 16.3 Å². The molecule has 0 amide bonds. The molecule has 0 atom stereocenters. The first kappa shape index (κ1) is 17.7. The van der Waals surface area contributed by atoms with Crippen LogP contribution in [0.2, 0.25) is 5.02 Å². The van der Waals surface area contributed by atoms with Gasteiger partial charge in [-0.05, 0) is 48.5 Å². The second-order valence-electron chi connectivity index (χ2n) is 4.98. The molecule has 1 heterocycles. The lowest BCUT2D eigenvalue weighted by Gasteiger charge is -2.02. The molecule has 0 spiro atoms. The molecule has 6 heteroatoms. The summed E-state index contributed by atoms with van der Waals surface area (Å²) in [6, 6.07) is 18.9. The number of halogens is 1. The lowest BCUT2D eigenvalue weighted by atomic mass is 10.2. The van der Waals surface area contributed by atoms with Gasteiger partial charge in [-0.15, -0.1) is 11.3 Å². The standard InChI is InChI=1S/C19H14ClNO2S2/c1-23-19(22)16-4-2-3-5-17(16)21-12-15-10-11-18(25-15)24-14-8-6-13(20)7-9-14/h2-12H,1H3. The Balaban J connectivity index is 1.74. The minimum absolute atomic E-state index is 0.391. The summed E-state index contributed by atoms with van der Waals surface area (Å²) in [4.78, 5) is 18.3. The van der Waals surface area contributed by atoms with Crippen molar-refractivity contribution in [2.45, 2.75) is 9.10 Å². The van der Waals surface area contributed by atoms with E-state index in [2.05, 4.69) is 11.1 Å². The molecule has 3 nitrogen and oxygen atoms in total. The van der Waals surface area contributed by atoms with Gasteiger partial charge in [0.25, 0.3) is 0 Å². The van der Waals surface area contributed by atoms with E-state index < -0.39 is 5.97 Å². The van der Waals surface area contributed by atoms with E-state index >= 15 is 0 Å². The smallest absolute Gasteiger partial charge is 0.340 e. The van der Waals surface area contributed by atoms with E-state index in [9.17, 15) is 4.79 Å². The number of hydrogen-bond acceptors (Lipinski definition) is 5. The van der Waals surface area contributed by atoms with Crippen molar-refractivity contribution in [3.63, 3.8) is 0 Å². The molecule has 0 N–H and O–H groups in total. The highest BCUT2D eigenvalue weighted by atomic mass is 35.5. The molecular weight excluding hydrogens is 374 g/mol. The number of thiophene rings is 1. The summed E-state index contributed by atoms with van der Waals surface area (Å²) in [6.45, 7) is 0. The van der Waals surface area contributed by atoms with Crippen LogP contribution >= 0.6 is 34.7 Å². The first-order valence-electron chi connectivity index (χ1n) is 7.40. The Hall–Kier alpha value is -2.08. The number of carbonyl (C=O) groups is 1. The summed E-state index contributed by atoms with van der Waals surface area (Å²) in [5, 5.41) is 0.729. The largest absolute Gasteiger partial charge is 0.465 e. The van der Waals surface area contributed by atoms with Crippen LogP contribution < -0.4 is 0 Å². The van der Waals surface area contributed by atoms with Gasteiger partial charge in [-0.1, -0.05) is 35.5 Å². The minimum Gasteiger partial charge on any atom is -0.465 e.